The molecule has 0 aliphatic carbocycles. The van der Waals surface area contributed by atoms with Gasteiger partial charge in [0.15, 0.2) is 0 Å². The van der Waals surface area contributed by atoms with Crippen molar-refractivity contribution in [2.24, 2.45) is 0 Å². The topological polar surface area (TPSA) is 80.1 Å². The average molecular weight is 598 g/mol. The number of benzene rings is 3. The number of rotatable bonds is 7. The number of carbonyl (C=O) groups excluding carboxylic acids is 2. The third-order valence-electron chi connectivity index (χ3n) is 9.17. The molecule has 3 heterocycles. The van der Waals surface area contributed by atoms with E-state index in [-0.39, 0.29) is 17.0 Å². The van der Waals surface area contributed by atoms with Crippen molar-refractivity contribution in [2.75, 3.05) is 49.6 Å². The number of ether oxygens (including phenoxy) is 1. The quantitative estimate of drug-likeness (QED) is 0.297. The molecule has 8 nitrogen and oxygen atoms in total. The van der Waals surface area contributed by atoms with E-state index in [4.69, 9.17) is 16.3 Å². The van der Waals surface area contributed by atoms with Gasteiger partial charge < -0.3 is 14.5 Å². The molecule has 3 aromatic carbocycles. The van der Waals surface area contributed by atoms with Crippen LogP contribution in [0.5, 0.6) is 5.75 Å². The Bertz CT molecular complexity index is 1570. The van der Waals surface area contributed by atoms with Crippen LogP contribution in [0.25, 0.3) is 11.1 Å². The van der Waals surface area contributed by atoms with Gasteiger partial charge >= 0.3 is 6.03 Å². The summed E-state index contributed by atoms with van der Waals surface area (Å²) in [4.78, 5) is 35.7. The number of amides is 3. The first-order valence-corrected chi connectivity index (χ1v) is 15.4. The summed E-state index contributed by atoms with van der Waals surface area (Å²) < 4.78 is 5.68. The van der Waals surface area contributed by atoms with Gasteiger partial charge in [0.1, 0.15) is 11.3 Å². The smallest absolute Gasteiger partial charge is 0.332 e. The molecule has 0 saturated carbocycles. The summed E-state index contributed by atoms with van der Waals surface area (Å²) in [7, 11) is 1.54. The largest absolute Gasteiger partial charge is 0.496 e. The van der Waals surface area contributed by atoms with Gasteiger partial charge in [0.05, 0.1) is 29.5 Å². The van der Waals surface area contributed by atoms with Gasteiger partial charge in [0.2, 0.25) is 0 Å². The van der Waals surface area contributed by atoms with Gasteiger partial charge in [0, 0.05) is 56.6 Å². The summed E-state index contributed by atoms with van der Waals surface area (Å²) in [5.74, 6) is 0.224. The molecule has 3 amide bonds. The molecule has 6 rings (SSSR count). The molecule has 0 radical (unpaired) electrons. The Morgan fingerprint density at radius 3 is 2.35 bits per heavy atom. The lowest BCUT2D eigenvalue weighted by molar-refractivity contribution is -0.127. The predicted octanol–water partition coefficient (Wildman–Crippen LogP) is 6.31. The number of likely N-dealkylation sites (tertiary alicyclic amines) is 1. The molecule has 0 N–H and O–H groups in total. The zero-order chi connectivity index (χ0) is 30.1. The van der Waals surface area contributed by atoms with E-state index in [2.05, 4.69) is 40.1 Å². The Morgan fingerprint density at radius 1 is 0.977 bits per heavy atom. The molecule has 3 aromatic rings. The van der Waals surface area contributed by atoms with Crippen LogP contribution in [0, 0.1) is 11.3 Å². The van der Waals surface area contributed by atoms with E-state index in [0.29, 0.717) is 55.0 Å². The summed E-state index contributed by atoms with van der Waals surface area (Å²) >= 11 is 6.78. The second-order valence-electron chi connectivity index (χ2n) is 11.5. The Hall–Kier alpha value is -4.06. The van der Waals surface area contributed by atoms with Gasteiger partial charge in [-0.2, -0.15) is 5.26 Å². The number of likely N-dealkylation sites (N-methyl/N-ethyl adjacent to an activating group) is 1. The number of nitrogens with zero attached hydrogens (tertiary/aromatic N) is 5. The van der Waals surface area contributed by atoms with E-state index in [0.717, 1.165) is 25.2 Å². The van der Waals surface area contributed by atoms with E-state index in [1.165, 1.54) is 36.1 Å². The van der Waals surface area contributed by atoms with Crippen LogP contribution >= 0.6 is 11.6 Å². The highest BCUT2D eigenvalue weighted by atomic mass is 35.5. The van der Waals surface area contributed by atoms with Gasteiger partial charge in [-0.25, -0.2) is 9.69 Å². The fourth-order valence-electron chi connectivity index (χ4n) is 6.84. The Kier molecular flexibility index (Phi) is 8.04. The molecular weight excluding hydrogens is 562 g/mol. The third-order valence-corrected chi connectivity index (χ3v) is 9.47. The van der Waals surface area contributed by atoms with E-state index < -0.39 is 5.54 Å². The summed E-state index contributed by atoms with van der Waals surface area (Å²) in [5, 5.41) is 9.61. The molecule has 3 saturated heterocycles. The lowest BCUT2D eigenvalue weighted by atomic mass is 9.85. The highest BCUT2D eigenvalue weighted by Crippen LogP contribution is 2.45. The maximum Gasteiger partial charge on any atom is 0.332 e. The molecule has 0 bridgehead atoms. The van der Waals surface area contributed by atoms with Crippen molar-refractivity contribution in [1.82, 2.24) is 9.80 Å². The zero-order valence-corrected chi connectivity index (χ0v) is 25.4. The minimum atomic E-state index is -0.904. The monoisotopic (exact) mass is 597 g/mol. The van der Waals surface area contributed by atoms with Crippen LogP contribution in [0.15, 0.2) is 60.7 Å². The fourth-order valence-corrected chi connectivity index (χ4v) is 7.09. The van der Waals surface area contributed by atoms with Crippen LogP contribution in [0.4, 0.5) is 16.2 Å². The van der Waals surface area contributed by atoms with Crippen molar-refractivity contribution in [1.29, 1.82) is 5.26 Å². The highest BCUT2D eigenvalue weighted by Gasteiger charge is 2.58. The number of halogens is 1. The molecule has 0 unspecified atom stereocenters. The second kappa shape index (κ2) is 11.9. The lowest BCUT2D eigenvalue weighted by Gasteiger charge is -2.42. The van der Waals surface area contributed by atoms with Crippen molar-refractivity contribution >= 4 is 34.9 Å². The highest BCUT2D eigenvalue weighted by molar-refractivity contribution is 6.36. The van der Waals surface area contributed by atoms with Crippen LogP contribution < -0.4 is 14.5 Å². The van der Waals surface area contributed by atoms with E-state index in [1.54, 1.807) is 35.2 Å². The SMILES string of the molecule is CCN1C(=O)N(c2cc(OC)c(-c3cccc(C#N)c3)cc2Cl)C(=O)C12CCN(Cc1ccc(N3CCCC3)cc1)CC2. The number of hydrogen-bond acceptors (Lipinski definition) is 6. The number of anilines is 2. The molecule has 9 heteroatoms. The number of urea groups is 1. The number of nitriles is 1. The first-order chi connectivity index (χ1) is 20.9. The summed E-state index contributed by atoms with van der Waals surface area (Å²) in [6.45, 7) is 6.83. The number of imide groups is 1. The maximum atomic E-state index is 14.2. The molecule has 3 aliphatic heterocycles. The number of hydrogen-bond donors (Lipinski definition) is 0. The van der Waals surface area contributed by atoms with Crippen LogP contribution in [0.1, 0.15) is 43.7 Å². The van der Waals surface area contributed by atoms with E-state index in [1.807, 2.05) is 13.0 Å². The summed E-state index contributed by atoms with van der Waals surface area (Å²) in [5.41, 5.74) is 3.88. The second-order valence-corrected chi connectivity index (χ2v) is 11.9. The number of carbonyl (C=O) groups is 2. The van der Waals surface area contributed by atoms with Gasteiger partial charge in [-0.3, -0.25) is 9.69 Å². The average Bonchev–Trinajstić information content (AvgIpc) is 3.64. The Labute approximate surface area is 258 Å². The third kappa shape index (κ3) is 5.21. The molecule has 43 heavy (non-hydrogen) atoms. The van der Waals surface area contributed by atoms with Crippen molar-refractivity contribution in [3.63, 3.8) is 0 Å². The molecule has 3 fully saturated rings. The van der Waals surface area contributed by atoms with Crippen LogP contribution in [0.3, 0.4) is 0 Å². The summed E-state index contributed by atoms with van der Waals surface area (Å²) in [6, 6.07) is 21.1. The zero-order valence-electron chi connectivity index (χ0n) is 24.7. The van der Waals surface area contributed by atoms with Crippen molar-refractivity contribution in [2.45, 2.75) is 44.7 Å². The Balaban J connectivity index is 1.21. The molecule has 222 valence electrons. The standard InChI is InChI=1S/C34H36ClN5O3/c1-3-39-33(42)40(30-21-31(43-2)28(20-29(30)35)26-8-6-7-25(19-26)22-36)32(41)34(39)13-17-37(18-14-34)23-24-9-11-27(12-10-24)38-15-4-5-16-38/h6-12,19-21H,3-5,13-18,23H2,1-2H3. The molecular formula is C34H36ClN5O3. The van der Waals surface area contributed by atoms with Crippen molar-refractivity contribution in [3.8, 4) is 22.9 Å². The van der Waals surface area contributed by atoms with Crippen LogP contribution in [0.2, 0.25) is 5.02 Å². The van der Waals surface area contributed by atoms with Crippen molar-refractivity contribution < 1.29 is 14.3 Å². The maximum absolute atomic E-state index is 14.2. The van der Waals surface area contributed by atoms with Gasteiger partial charge in [-0.1, -0.05) is 35.9 Å². The number of methoxy groups -OCH3 is 1. The molecule has 0 atom stereocenters. The van der Waals surface area contributed by atoms with Gasteiger partial charge in [-0.15, -0.1) is 0 Å². The fraction of sp³-hybridized carbons (Fsp3) is 0.382. The first-order valence-electron chi connectivity index (χ1n) is 15.0. The minimum absolute atomic E-state index is 0.239. The lowest BCUT2D eigenvalue weighted by Crippen LogP contribution is -2.56. The minimum Gasteiger partial charge on any atom is -0.496 e. The predicted molar refractivity (Wildman–Crippen MR) is 169 cm³/mol. The Morgan fingerprint density at radius 2 is 1.70 bits per heavy atom. The molecule has 3 aliphatic rings. The van der Waals surface area contributed by atoms with E-state index >= 15 is 0 Å². The van der Waals surface area contributed by atoms with Crippen LogP contribution in [-0.4, -0.2) is 67.1 Å². The van der Waals surface area contributed by atoms with Gasteiger partial charge in [0.25, 0.3) is 5.91 Å². The number of piperidine rings is 1. The molecule has 0 aromatic heterocycles. The first kappa shape index (κ1) is 29.0. The normalized spacial score (nSPS) is 18.5. The summed E-state index contributed by atoms with van der Waals surface area (Å²) in [6.07, 6.45) is 3.63. The van der Waals surface area contributed by atoms with Crippen LogP contribution in [-0.2, 0) is 11.3 Å². The van der Waals surface area contributed by atoms with E-state index in [9.17, 15) is 14.9 Å². The molecule has 1 spiro atoms. The van der Waals surface area contributed by atoms with Crippen molar-refractivity contribution in [3.05, 3.63) is 76.8 Å². The van der Waals surface area contributed by atoms with Gasteiger partial charge in [-0.05, 0) is 74.1 Å².